The fourth-order valence-corrected chi connectivity index (χ4v) is 5.55. The zero-order chi connectivity index (χ0) is 23.3. The molecule has 0 unspecified atom stereocenters. The van der Waals surface area contributed by atoms with Gasteiger partial charge in [0, 0.05) is 42.8 Å². The van der Waals surface area contributed by atoms with Crippen LogP contribution in [0.2, 0.25) is 5.02 Å². The molecule has 1 saturated heterocycles. The number of aromatic nitrogens is 1. The van der Waals surface area contributed by atoms with Crippen LogP contribution >= 0.6 is 11.6 Å². The van der Waals surface area contributed by atoms with Gasteiger partial charge in [0.05, 0.1) is 21.0 Å². The number of amides is 1. The lowest BCUT2D eigenvalue weighted by Crippen LogP contribution is -2.50. The molecule has 2 heterocycles. The first kappa shape index (κ1) is 22.6. The first-order valence-corrected chi connectivity index (χ1v) is 11.6. The van der Waals surface area contributed by atoms with E-state index in [1.54, 1.807) is 11.8 Å². The second-order valence-corrected chi connectivity index (χ2v) is 9.85. The zero-order valence-electron chi connectivity index (χ0n) is 16.9. The van der Waals surface area contributed by atoms with Crippen LogP contribution in [0, 0.1) is 6.92 Å². The summed E-state index contributed by atoms with van der Waals surface area (Å²) in [5.74, 6) is -0.220. The predicted octanol–water partition coefficient (Wildman–Crippen LogP) is 4.30. The Morgan fingerprint density at radius 1 is 1.06 bits per heavy atom. The van der Waals surface area contributed by atoms with Gasteiger partial charge in [-0.25, -0.2) is 8.42 Å². The number of alkyl halides is 3. The molecule has 32 heavy (non-hydrogen) atoms. The molecule has 1 aliphatic rings. The lowest BCUT2D eigenvalue weighted by molar-refractivity contribution is -0.137. The second-order valence-electron chi connectivity index (χ2n) is 7.51. The molecule has 1 amide bonds. The number of aryl methyl sites for hydroxylation is 1. The second kappa shape index (κ2) is 8.09. The van der Waals surface area contributed by atoms with E-state index in [0.717, 1.165) is 27.3 Å². The number of nitrogens with one attached hydrogen (secondary N) is 1. The number of sulfonamides is 1. The number of piperazine rings is 1. The Hall–Kier alpha value is -2.56. The van der Waals surface area contributed by atoms with Gasteiger partial charge in [-0.05, 0) is 31.2 Å². The topological polar surface area (TPSA) is 73.5 Å². The van der Waals surface area contributed by atoms with Gasteiger partial charge in [0.2, 0.25) is 10.0 Å². The average molecular weight is 486 g/mol. The summed E-state index contributed by atoms with van der Waals surface area (Å²) in [5, 5.41) is 0.215. The quantitative estimate of drug-likeness (QED) is 0.601. The number of aromatic amines is 1. The molecule has 11 heteroatoms. The van der Waals surface area contributed by atoms with Gasteiger partial charge in [0.1, 0.15) is 0 Å². The third-order valence-corrected chi connectivity index (χ3v) is 7.74. The van der Waals surface area contributed by atoms with E-state index in [0.29, 0.717) is 17.3 Å². The van der Waals surface area contributed by atoms with Crippen molar-refractivity contribution in [3.63, 3.8) is 0 Å². The molecule has 6 nitrogen and oxygen atoms in total. The molecule has 1 aliphatic heterocycles. The minimum atomic E-state index is -4.77. The molecule has 0 radical (unpaired) electrons. The SMILES string of the molecule is Cc1[nH]c2ccccc2c1C(=O)N1CCN(S(=O)(=O)c2ccc(Cl)c(C(F)(F)F)c2)CC1. The summed E-state index contributed by atoms with van der Waals surface area (Å²) in [5.41, 5.74) is 0.873. The van der Waals surface area contributed by atoms with Gasteiger partial charge < -0.3 is 9.88 Å². The van der Waals surface area contributed by atoms with Gasteiger partial charge in [0.15, 0.2) is 0 Å². The maximum absolute atomic E-state index is 13.1. The van der Waals surface area contributed by atoms with Crippen molar-refractivity contribution in [1.82, 2.24) is 14.2 Å². The summed E-state index contributed by atoms with van der Waals surface area (Å²) in [6, 6.07) is 9.92. The Labute approximate surface area is 187 Å². The van der Waals surface area contributed by atoms with Crippen LogP contribution in [-0.2, 0) is 16.2 Å². The normalized spacial score (nSPS) is 16.0. The molecule has 0 spiro atoms. The van der Waals surface area contributed by atoms with Gasteiger partial charge in [-0.1, -0.05) is 29.8 Å². The number of hydrogen-bond acceptors (Lipinski definition) is 3. The number of hydrogen-bond donors (Lipinski definition) is 1. The number of rotatable bonds is 3. The molecule has 0 aliphatic carbocycles. The van der Waals surface area contributed by atoms with E-state index >= 15 is 0 Å². The third kappa shape index (κ3) is 3.98. The predicted molar refractivity (Wildman–Crippen MR) is 114 cm³/mol. The fourth-order valence-electron chi connectivity index (χ4n) is 3.87. The van der Waals surface area contributed by atoms with Crippen molar-refractivity contribution < 1.29 is 26.4 Å². The van der Waals surface area contributed by atoms with E-state index in [9.17, 15) is 26.4 Å². The first-order valence-electron chi connectivity index (χ1n) is 9.73. The maximum atomic E-state index is 13.1. The molecule has 0 bridgehead atoms. The van der Waals surface area contributed by atoms with Gasteiger partial charge >= 0.3 is 6.18 Å². The molecular formula is C21H19ClF3N3O3S. The minimum Gasteiger partial charge on any atom is -0.358 e. The van der Waals surface area contributed by atoms with Gasteiger partial charge in [-0.2, -0.15) is 17.5 Å². The number of nitrogens with zero attached hydrogens (tertiary/aromatic N) is 2. The summed E-state index contributed by atoms with van der Waals surface area (Å²) >= 11 is 5.60. The standard InChI is InChI=1S/C21H19ClF3N3O3S/c1-13-19(15-4-2-3-5-18(15)26-13)20(29)27-8-10-28(11-9-27)32(30,31)14-6-7-17(22)16(12-14)21(23,24)25/h2-7,12,26H,8-11H2,1H3. The highest BCUT2D eigenvalue weighted by Crippen LogP contribution is 2.36. The monoisotopic (exact) mass is 485 g/mol. The number of halogens is 4. The number of fused-ring (bicyclic) bond motifs is 1. The molecule has 1 fully saturated rings. The lowest BCUT2D eigenvalue weighted by Gasteiger charge is -2.34. The largest absolute Gasteiger partial charge is 0.417 e. The van der Waals surface area contributed by atoms with E-state index in [2.05, 4.69) is 4.98 Å². The zero-order valence-corrected chi connectivity index (χ0v) is 18.5. The summed E-state index contributed by atoms with van der Waals surface area (Å²) in [7, 11) is -4.18. The Morgan fingerprint density at radius 3 is 2.38 bits per heavy atom. The van der Waals surface area contributed by atoms with Crippen molar-refractivity contribution in [2.45, 2.75) is 18.0 Å². The molecule has 3 aromatic rings. The van der Waals surface area contributed by atoms with Crippen molar-refractivity contribution >= 4 is 38.4 Å². The van der Waals surface area contributed by atoms with E-state index in [1.165, 1.54) is 0 Å². The van der Waals surface area contributed by atoms with Crippen LogP contribution in [-0.4, -0.2) is 54.7 Å². The molecule has 0 saturated carbocycles. The number of para-hydroxylation sites is 1. The molecule has 1 N–H and O–H groups in total. The van der Waals surface area contributed by atoms with Crippen LogP contribution in [0.25, 0.3) is 10.9 Å². The van der Waals surface area contributed by atoms with Crippen molar-refractivity contribution in [3.05, 3.63) is 64.3 Å². The number of carbonyl (C=O) groups is 1. The van der Waals surface area contributed by atoms with Crippen LogP contribution in [0.15, 0.2) is 47.4 Å². The Kier molecular flexibility index (Phi) is 5.72. The van der Waals surface area contributed by atoms with Crippen LogP contribution in [0.5, 0.6) is 0 Å². The average Bonchev–Trinajstić information content (AvgIpc) is 3.08. The van der Waals surface area contributed by atoms with E-state index in [1.807, 2.05) is 24.3 Å². The summed E-state index contributed by atoms with van der Waals surface area (Å²) in [6.45, 7) is 1.99. The molecule has 2 aromatic carbocycles. The molecule has 4 rings (SSSR count). The van der Waals surface area contributed by atoms with Crippen LogP contribution in [0.1, 0.15) is 21.6 Å². The molecular weight excluding hydrogens is 467 g/mol. The molecule has 170 valence electrons. The summed E-state index contributed by atoms with van der Waals surface area (Å²) in [4.78, 5) is 17.3. The Bertz CT molecular complexity index is 1300. The molecule has 1 aromatic heterocycles. The van der Waals surface area contributed by atoms with Crippen molar-refractivity contribution in [1.29, 1.82) is 0 Å². The van der Waals surface area contributed by atoms with E-state index in [4.69, 9.17) is 11.6 Å². The maximum Gasteiger partial charge on any atom is 0.417 e. The first-order chi connectivity index (χ1) is 15.0. The number of carbonyl (C=O) groups excluding carboxylic acids is 1. The van der Waals surface area contributed by atoms with E-state index in [-0.39, 0.29) is 32.1 Å². The lowest BCUT2D eigenvalue weighted by atomic mass is 10.1. The van der Waals surface area contributed by atoms with Gasteiger partial charge in [-0.3, -0.25) is 4.79 Å². The summed E-state index contributed by atoms with van der Waals surface area (Å²) < 4.78 is 66.3. The van der Waals surface area contributed by atoms with E-state index < -0.39 is 31.7 Å². The van der Waals surface area contributed by atoms with Gasteiger partial charge in [0.25, 0.3) is 5.91 Å². The molecule has 0 atom stereocenters. The van der Waals surface area contributed by atoms with Crippen molar-refractivity contribution in [3.8, 4) is 0 Å². The fraction of sp³-hybridized carbons (Fsp3) is 0.286. The Morgan fingerprint density at radius 2 is 1.72 bits per heavy atom. The summed E-state index contributed by atoms with van der Waals surface area (Å²) in [6.07, 6.45) is -4.77. The highest BCUT2D eigenvalue weighted by Gasteiger charge is 2.36. The van der Waals surface area contributed by atoms with Crippen molar-refractivity contribution in [2.75, 3.05) is 26.2 Å². The number of H-pyrrole nitrogens is 1. The van der Waals surface area contributed by atoms with Crippen LogP contribution in [0.3, 0.4) is 0 Å². The van der Waals surface area contributed by atoms with Crippen molar-refractivity contribution in [2.24, 2.45) is 0 Å². The van der Waals surface area contributed by atoms with Crippen LogP contribution < -0.4 is 0 Å². The van der Waals surface area contributed by atoms with Crippen LogP contribution in [0.4, 0.5) is 13.2 Å². The number of benzene rings is 2. The highest BCUT2D eigenvalue weighted by atomic mass is 35.5. The highest BCUT2D eigenvalue weighted by molar-refractivity contribution is 7.89. The van der Waals surface area contributed by atoms with Gasteiger partial charge in [-0.15, -0.1) is 0 Å². The minimum absolute atomic E-state index is 0.0283. The Balaban J connectivity index is 1.53. The smallest absolute Gasteiger partial charge is 0.358 e. The third-order valence-electron chi connectivity index (χ3n) is 5.51.